The molecule has 0 spiro atoms. The number of hydrogen-bond acceptors (Lipinski definition) is 3. The molecule has 2 aromatic rings. The molecule has 0 bridgehead atoms. The van der Waals surface area contributed by atoms with E-state index in [0.717, 1.165) is 0 Å². The average molecular weight is 350 g/mol. The van der Waals surface area contributed by atoms with Gasteiger partial charge in [0.05, 0.1) is 11.4 Å². The number of hydrogen-bond donors (Lipinski definition) is 1. The highest BCUT2D eigenvalue weighted by atomic mass is 32.2. The lowest BCUT2D eigenvalue weighted by molar-refractivity contribution is 0.102. The van der Waals surface area contributed by atoms with E-state index in [4.69, 9.17) is 0 Å². The van der Waals surface area contributed by atoms with E-state index in [1.807, 2.05) is 0 Å². The fraction of sp³-hybridized carbons (Fsp3) is 0.235. The number of carbonyl (C=O) groups is 1. The lowest BCUT2D eigenvalue weighted by Crippen LogP contribution is -2.32. The number of halogens is 1. The van der Waals surface area contributed by atoms with Gasteiger partial charge < -0.3 is 5.32 Å². The van der Waals surface area contributed by atoms with Crippen LogP contribution in [0.1, 0.15) is 24.2 Å². The van der Waals surface area contributed by atoms with Crippen LogP contribution in [-0.4, -0.2) is 26.6 Å². The van der Waals surface area contributed by atoms with E-state index >= 15 is 0 Å². The van der Waals surface area contributed by atoms with Crippen LogP contribution in [0, 0.1) is 5.82 Å². The van der Waals surface area contributed by atoms with Gasteiger partial charge in [0.1, 0.15) is 5.82 Å². The second kappa shape index (κ2) is 7.44. The Labute approximate surface area is 141 Å². The van der Waals surface area contributed by atoms with Gasteiger partial charge in [0.15, 0.2) is 0 Å². The molecule has 0 aliphatic carbocycles. The number of amides is 1. The number of sulfonamides is 1. The highest BCUT2D eigenvalue weighted by molar-refractivity contribution is 7.92. The molecule has 0 saturated carbocycles. The van der Waals surface area contributed by atoms with E-state index in [1.54, 1.807) is 38.1 Å². The Balaban J connectivity index is 2.16. The Hall–Kier alpha value is -2.41. The summed E-state index contributed by atoms with van der Waals surface area (Å²) in [6.07, 6.45) is 0. The van der Waals surface area contributed by atoms with Crippen molar-refractivity contribution < 1.29 is 17.6 Å². The van der Waals surface area contributed by atoms with Crippen molar-refractivity contribution in [1.82, 2.24) is 0 Å². The summed E-state index contributed by atoms with van der Waals surface area (Å²) < 4.78 is 38.2. The van der Waals surface area contributed by atoms with E-state index in [2.05, 4.69) is 5.32 Å². The minimum Gasteiger partial charge on any atom is -0.322 e. The van der Waals surface area contributed by atoms with Gasteiger partial charge in [0.25, 0.3) is 5.91 Å². The topological polar surface area (TPSA) is 66.5 Å². The summed E-state index contributed by atoms with van der Waals surface area (Å²) in [5, 5.41) is 2.65. The van der Waals surface area contributed by atoms with E-state index < -0.39 is 10.0 Å². The molecule has 0 aliphatic heterocycles. The van der Waals surface area contributed by atoms with Crippen molar-refractivity contribution in [2.24, 2.45) is 0 Å². The van der Waals surface area contributed by atoms with Gasteiger partial charge in [-0.1, -0.05) is 0 Å². The van der Waals surface area contributed by atoms with Gasteiger partial charge in [-0.25, -0.2) is 12.8 Å². The second-order valence-electron chi connectivity index (χ2n) is 5.07. The number of rotatable bonds is 6. The van der Waals surface area contributed by atoms with E-state index in [1.165, 1.54) is 28.6 Å². The molecule has 1 amide bonds. The first-order valence-electron chi connectivity index (χ1n) is 7.54. The molecule has 1 N–H and O–H groups in total. The van der Waals surface area contributed by atoms with Crippen LogP contribution in [0.15, 0.2) is 48.5 Å². The molecule has 24 heavy (non-hydrogen) atoms. The first kappa shape index (κ1) is 17.9. The van der Waals surface area contributed by atoms with Gasteiger partial charge in [0.2, 0.25) is 10.0 Å². The molecule has 2 aromatic carbocycles. The molecule has 0 heterocycles. The zero-order chi connectivity index (χ0) is 17.7. The molecule has 0 aromatic heterocycles. The van der Waals surface area contributed by atoms with Crippen LogP contribution in [0.3, 0.4) is 0 Å². The van der Waals surface area contributed by atoms with Gasteiger partial charge in [-0.2, -0.15) is 0 Å². The molecule has 2 rings (SSSR count). The predicted molar refractivity (Wildman–Crippen MR) is 93.3 cm³/mol. The monoisotopic (exact) mass is 350 g/mol. The average Bonchev–Trinajstić information content (AvgIpc) is 2.58. The Morgan fingerprint density at radius 1 is 1.04 bits per heavy atom. The zero-order valence-corrected chi connectivity index (χ0v) is 14.3. The summed E-state index contributed by atoms with van der Waals surface area (Å²) in [6, 6.07) is 11.8. The molecule has 0 saturated heterocycles. The third-order valence-corrected chi connectivity index (χ3v) is 5.38. The molecular weight excluding hydrogens is 331 g/mol. The molecule has 0 unspecified atom stereocenters. The maximum atomic E-state index is 12.9. The highest BCUT2D eigenvalue weighted by Gasteiger charge is 2.18. The molecule has 128 valence electrons. The molecule has 7 heteroatoms. The lowest BCUT2D eigenvalue weighted by atomic mass is 10.2. The molecule has 0 aliphatic rings. The highest BCUT2D eigenvalue weighted by Crippen LogP contribution is 2.19. The van der Waals surface area contributed by atoms with Crippen molar-refractivity contribution in [2.75, 3.05) is 21.9 Å². The van der Waals surface area contributed by atoms with Crippen molar-refractivity contribution in [3.63, 3.8) is 0 Å². The van der Waals surface area contributed by atoms with Crippen LogP contribution >= 0.6 is 0 Å². The van der Waals surface area contributed by atoms with Crippen molar-refractivity contribution in [2.45, 2.75) is 13.8 Å². The standard InChI is InChI=1S/C17H19FN2O3S/c1-3-20(24(22,23)4-2)16-11-5-13(6-12-16)17(21)19-15-9-7-14(18)8-10-15/h5-12H,3-4H2,1-2H3,(H,19,21). The summed E-state index contributed by atoms with van der Waals surface area (Å²) in [7, 11) is -3.35. The van der Waals surface area contributed by atoms with Gasteiger partial charge in [-0.15, -0.1) is 0 Å². The zero-order valence-electron chi connectivity index (χ0n) is 13.5. The Morgan fingerprint density at radius 3 is 2.12 bits per heavy atom. The van der Waals surface area contributed by atoms with Crippen LogP contribution in [0.5, 0.6) is 0 Å². The Kier molecular flexibility index (Phi) is 5.56. The summed E-state index contributed by atoms with van der Waals surface area (Å²) in [5.41, 5.74) is 1.37. The minimum absolute atomic E-state index is 0.00758. The third-order valence-electron chi connectivity index (χ3n) is 3.51. The van der Waals surface area contributed by atoms with Crippen LogP contribution in [0.25, 0.3) is 0 Å². The van der Waals surface area contributed by atoms with Gasteiger partial charge in [-0.05, 0) is 62.4 Å². The number of nitrogens with one attached hydrogen (secondary N) is 1. The van der Waals surface area contributed by atoms with Crippen molar-refractivity contribution in [3.8, 4) is 0 Å². The Bertz CT molecular complexity index is 803. The molecule has 0 radical (unpaired) electrons. The van der Waals surface area contributed by atoms with Crippen LogP contribution in [0.2, 0.25) is 0 Å². The van der Waals surface area contributed by atoms with Crippen LogP contribution in [-0.2, 0) is 10.0 Å². The molecule has 0 atom stereocenters. The normalized spacial score (nSPS) is 11.1. The fourth-order valence-corrected chi connectivity index (χ4v) is 3.36. The number of benzene rings is 2. The first-order valence-corrected chi connectivity index (χ1v) is 9.15. The number of carbonyl (C=O) groups excluding carboxylic acids is 1. The van der Waals surface area contributed by atoms with E-state index in [0.29, 0.717) is 23.5 Å². The van der Waals surface area contributed by atoms with Crippen molar-refractivity contribution in [3.05, 3.63) is 59.9 Å². The van der Waals surface area contributed by atoms with Crippen LogP contribution in [0.4, 0.5) is 15.8 Å². The number of anilines is 2. The van der Waals surface area contributed by atoms with Crippen molar-refractivity contribution in [1.29, 1.82) is 0 Å². The summed E-state index contributed by atoms with van der Waals surface area (Å²) >= 11 is 0. The minimum atomic E-state index is -3.35. The SMILES string of the molecule is CCN(c1ccc(C(=O)Nc2ccc(F)cc2)cc1)S(=O)(=O)CC. The van der Waals surface area contributed by atoms with Crippen molar-refractivity contribution >= 4 is 27.3 Å². The molecular formula is C17H19FN2O3S. The maximum absolute atomic E-state index is 12.9. The largest absolute Gasteiger partial charge is 0.322 e. The molecule has 5 nitrogen and oxygen atoms in total. The van der Waals surface area contributed by atoms with E-state index in [-0.39, 0.29) is 17.5 Å². The van der Waals surface area contributed by atoms with Gasteiger partial charge in [-0.3, -0.25) is 9.10 Å². The summed E-state index contributed by atoms with van der Waals surface area (Å²) in [6.45, 7) is 3.65. The summed E-state index contributed by atoms with van der Waals surface area (Å²) in [4.78, 5) is 12.2. The summed E-state index contributed by atoms with van der Waals surface area (Å²) in [5.74, 6) is -0.725. The second-order valence-corrected chi connectivity index (χ2v) is 7.26. The first-order chi connectivity index (χ1) is 11.4. The van der Waals surface area contributed by atoms with Crippen LogP contribution < -0.4 is 9.62 Å². The number of nitrogens with zero attached hydrogens (tertiary/aromatic N) is 1. The fourth-order valence-electron chi connectivity index (χ4n) is 2.21. The third kappa shape index (κ3) is 4.11. The van der Waals surface area contributed by atoms with Gasteiger partial charge >= 0.3 is 0 Å². The van der Waals surface area contributed by atoms with E-state index in [9.17, 15) is 17.6 Å². The Morgan fingerprint density at radius 2 is 1.62 bits per heavy atom. The van der Waals surface area contributed by atoms with Gasteiger partial charge in [0, 0.05) is 17.8 Å². The lowest BCUT2D eigenvalue weighted by Gasteiger charge is -2.22. The quantitative estimate of drug-likeness (QED) is 0.870. The molecule has 0 fully saturated rings. The predicted octanol–water partition coefficient (Wildman–Crippen LogP) is 3.25. The smallest absolute Gasteiger partial charge is 0.255 e. The maximum Gasteiger partial charge on any atom is 0.255 e.